The van der Waals surface area contributed by atoms with Crippen LogP contribution in [-0.4, -0.2) is 12.6 Å². The molecule has 1 aromatic carbocycles. The Hall–Kier alpha value is -0.410. The van der Waals surface area contributed by atoms with Gasteiger partial charge in [0.05, 0.1) is 4.47 Å². The first-order valence-electron chi connectivity index (χ1n) is 8.20. The van der Waals surface area contributed by atoms with Gasteiger partial charge in [-0.1, -0.05) is 45.7 Å². The Balaban J connectivity index is 2.21. The molecule has 0 heterocycles. The summed E-state index contributed by atoms with van der Waals surface area (Å²) in [6.07, 6.45) is 4.81. The van der Waals surface area contributed by atoms with E-state index in [9.17, 15) is 4.39 Å². The van der Waals surface area contributed by atoms with Crippen molar-refractivity contribution in [1.29, 1.82) is 0 Å². The van der Waals surface area contributed by atoms with E-state index in [1.54, 1.807) is 6.07 Å². The SMILES string of the molecule is CCC1CCC(CNC(C)C)C(c2cccc(Br)c2F)C1. The van der Waals surface area contributed by atoms with E-state index in [-0.39, 0.29) is 5.82 Å². The predicted octanol–water partition coefficient (Wildman–Crippen LogP) is 5.50. The molecule has 0 radical (unpaired) electrons. The van der Waals surface area contributed by atoms with Crippen LogP contribution in [0.1, 0.15) is 57.9 Å². The summed E-state index contributed by atoms with van der Waals surface area (Å²) in [5.41, 5.74) is 0.901. The van der Waals surface area contributed by atoms with Crippen LogP contribution < -0.4 is 5.32 Å². The van der Waals surface area contributed by atoms with E-state index in [0.29, 0.717) is 22.4 Å². The van der Waals surface area contributed by atoms with Gasteiger partial charge in [-0.25, -0.2) is 4.39 Å². The van der Waals surface area contributed by atoms with Gasteiger partial charge in [0.2, 0.25) is 0 Å². The molecule has 1 nitrogen and oxygen atoms in total. The van der Waals surface area contributed by atoms with Gasteiger partial charge in [0.15, 0.2) is 0 Å². The lowest BCUT2D eigenvalue weighted by Gasteiger charge is -2.37. The average Bonchev–Trinajstić information content (AvgIpc) is 2.48. The highest BCUT2D eigenvalue weighted by Crippen LogP contribution is 2.43. The van der Waals surface area contributed by atoms with Crippen molar-refractivity contribution in [3.05, 3.63) is 34.1 Å². The van der Waals surface area contributed by atoms with Crippen molar-refractivity contribution < 1.29 is 4.39 Å². The Kier molecular flexibility index (Phi) is 6.24. The summed E-state index contributed by atoms with van der Waals surface area (Å²) >= 11 is 3.34. The maximum Gasteiger partial charge on any atom is 0.140 e. The second kappa shape index (κ2) is 7.73. The van der Waals surface area contributed by atoms with Crippen LogP contribution in [0.2, 0.25) is 0 Å². The second-order valence-electron chi connectivity index (χ2n) is 6.66. The number of rotatable bonds is 5. The van der Waals surface area contributed by atoms with Crippen molar-refractivity contribution >= 4 is 15.9 Å². The monoisotopic (exact) mass is 355 g/mol. The highest BCUT2D eigenvalue weighted by molar-refractivity contribution is 9.10. The summed E-state index contributed by atoms with van der Waals surface area (Å²) in [7, 11) is 0. The van der Waals surface area contributed by atoms with E-state index in [4.69, 9.17) is 0 Å². The fourth-order valence-electron chi connectivity index (χ4n) is 3.51. The number of halogens is 2. The third-order valence-electron chi connectivity index (χ3n) is 4.85. The fraction of sp³-hybridized carbons (Fsp3) is 0.667. The van der Waals surface area contributed by atoms with Crippen LogP contribution in [-0.2, 0) is 0 Å². The Morgan fingerprint density at radius 2 is 2.10 bits per heavy atom. The van der Waals surface area contributed by atoms with E-state index in [2.05, 4.69) is 42.0 Å². The molecule has 3 unspecified atom stereocenters. The highest BCUT2D eigenvalue weighted by atomic mass is 79.9. The van der Waals surface area contributed by atoms with E-state index < -0.39 is 0 Å². The van der Waals surface area contributed by atoms with Gasteiger partial charge in [0.1, 0.15) is 5.82 Å². The molecule has 1 N–H and O–H groups in total. The van der Waals surface area contributed by atoms with Crippen molar-refractivity contribution in [3.63, 3.8) is 0 Å². The molecule has 1 aromatic rings. The van der Waals surface area contributed by atoms with Crippen LogP contribution in [0, 0.1) is 17.7 Å². The standard InChI is InChI=1S/C18H27BrFN/c1-4-13-8-9-14(11-21-12(2)3)16(10-13)15-6-5-7-17(19)18(15)20/h5-7,12-14,16,21H,4,8-11H2,1-3H3. The first kappa shape index (κ1) is 17.0. The second-order valence-corrected chi connectivity index (χ2v) is 7.51. The number of benzene rings is 1. The largest absolute Gasteiger partial charge is 0.314 e. The zero-order chi connectivity index (χ0) is 15.4. The van der Waals surface area contributed by atoms with Crippen LogP contribution >= 0.6 is 15.9 Å². The van der Waals surface area contributed by atoms with Gasteiger partial charge < -0.3 is 5.32 Å². The molecule has 0 amide bonds. The van der Waals surface area contributed by atoms with Crippen molar-refractivity contribution in [2.24, 2.45) is 11.8 Å². The highest BCUT2D eigenvalue weighted by Gasteiger charge is 2.32. The van der Waals surface area contributed by atoms with E-state index in [0.717, 1.165) is 24.4 Å². The first-order valence-corrected chi connectivity index (χ1v) is 8.99. The van der Waals surface area contributed by atoms with Gasteiger partial charge in [-0.15, -0.1) is 0 Å². The summed E-state index contributed by atoms with van der Waals surface area (Å²) in [6.45, 7) is 7.59. The summed E-state index contributed by atoms with van der Waals surface area (Å²) in [5, 5.41) is 3.55. The molecule has 0 saturated heterocycles. The molecule has 3 atom stereocenters. The molecule has 2 rings (SSSR count). The van der Waals surface area contributed by atoms with E-state index in [1.807, 2.05) is 12.1 Å². The van der Waals surface area contributed by atoms with Gasteiger partial charge in [-0.2, -0.15) is 0 Å². The van der Waals surface area contributed by atoms with Crippen LogP contribution in [0.15, 0.2) is 22.7 Å². The van der Waals surface area contributed by atoms with Crippen molar-refractivity contribution in [2.75, 3.05) is 6.54 Å². The average molecular weight is 356 g/mol. The minimum atomic E-state index is -0.0613. The zero-order valence-electron chi connectivity index (χ0n) is 13.3. The topological polar surface area (TPSA) is 12.0 Å². The maximum atomic E-state index is 14.5. The Bertz CT molecular complexity index is 461. The molecule has 1 aliphatic rings. The fourth-order valence-corrected chi connectivity index (χ4v) is 3.89. The van der Waals surface area contributed by atoms with Gasteiger partial charge in [-0.3, -0.25) is 0 Å². The molecule has 1 fully saturated rings. The molecule has 0 spiro atoms. The molecule has 1 aliphatic carbocycles. The number of hydrogen-bond donors (Lipinski definition) is 1. The number of nitrogens with one attached hydrogen (secondary N) is 1. The van der Waals surface area contributed by atoms with Crippen molar-refractivity contribution in [3.8, 4) is 0 Å². The summed E-state index contributed by atoms with van der Waals surface area (Å²) < 4.78 is 15.1. The van der Waals surface area contributed by atoms with Crippen LogP contribution in [0.3, 0.4) is 0 Å². The number of hydrogen-bond acceptors (Lipinski definition) is 1. The van der Waals surface area contributed by atoms with Crippen molar-refractivity contribution in [2.45, 2.75) is 58.4 Å². The Labute approximate surface area is 136 Å². The third kappa shape index (κ3) is 4.29. The van der Waals surface area contributed by atoms with Gasteiger partial charge in [-0.05, 0) is 64.7 Å². The summed E-state index contributed by atoms with van der Waals surface area (Å²) in [6, 6.07) is 6.22. The molecular formula is C18H27BrFN. The predicted molar refractivity (Wildman–Crippen MR) is 91.1 cm³/mol. The molecule has 21 heavy (non-hydrogen) atoms. The van der Waals surface area contributed by atoms with Crippen LogP contribution in [0.4, 0.5) is 4.39 Å². The zero-order valence-corrected chi connectivity index (χ0v) is 14.9. The minimum absolute atomic E-state index is 0.0613. The van der Waals surface area contributed by atoms with Gasteiger partial charge in [0, 0.05) is 6.04 Å². The van der Waals surface area contributed by atoms with E-state index in [1.165, 1.54) is 19.3 Å². The lowest BCUT2D eigenvalue weighted by molar-refractivity contribution is 0.219. The first-order chi connectivity index (χ1) is 10.0. The minimum Gasteiger partial charge on any atom is -0.314 e. The lowest BCUT2D eigenvalue weighted by atomic mass is 9.70. The quantitative estimate of drug-likeness (QED) is 0.735. The maximum absolute atomic E-state index is 14.5. The Morgan fingerprint density at radius 1 is 1.33 bits per heavy atom. The van der Waals surface area contributed by atoms with Crippen molar-refractivity contribution in [1.82, 2.24) is 5.32 Å². The molecule has 118 valence electrons. The van der Waals surface area contributed by atoms with E-state index >= 15 is 0 Å². The van der Waals surface area contributed by atoms with Crippen LogP contribution in [0.5, 0.6) is 0 Å². The molecule has 0 bridgehead atoms. The van der Waals surface area contributed by atoms with Gasteiger partial charge in [0.25, 0.3) is 0 Å². The molecule has 1 saturated carbocycles. The lowest BCUT2D eigenvalue weighted by Crippen LogP contribution is -2.35. The molecule has 3 heteroatoms. The summed E-state index contributed by atoms with van der Waals surface area (Å²) in [4.78, 5) is 0. The molecule has 0 aromatic heterocycles. The summed E-state index contributed by atoms with van der Waals surface area (Å²) in [5.74, 6) is 1.56. The normalized spacial score (nSPS) is 26.3. The molecular weight excluding hydrogens is 329 g/mol. The third-order valence-corrected chi connectivity index (χ3v) is 5.46. The smallest absolute Gasteiger partial charge is 0.140 e. The Morgan fingerprint density at radius 3 is 2.76 bits per heavy atom. The molecule has 0 aliphatic heterocycles. The van der Waals surface area contributed by atoms with Crippen LogP contribution in [0.25, 0.3) is 0 Å². The van der Waals surface area contributed by atoms with Gasteiger partial charge >= 0.3 is 0 Å².